The van der Waals surface area contributed by atoms with Crippen LogP contribution in [0.5, 0.6) is 46.0 Å². The van der Waals surface area contributed by atoms with Gasteiger partial charge in [0, 0.05) is 35.5 Å². The number of ether oxygens (including phenoxy) is 4. The van der Waals surface area contributed by atoms with E-state index in [9.17, 15) is 29.4 Å². The van der Waals surface area contributed by atoms with Crippen molar-refractivity contribution in [3.05, 3.63) is 240 Å². The Morgan fingerprint density at radius 3 is 1.38 bits per heavy atom. The molecule has 4 N–H and O–H groups in total. The van der Waals surface area contributed by atoms with Gasteiger partial charge in [-0.25, -0.2) is 9.59 Å². The molecule has 0 spiro atoms. The SMILES string of the molecule is CNC(=O)c1cc(Oc2ccc(-c3ccc(Oc4ccc(C(=O)O)c(C(=O)Nc5cccc(Oc6cc(Oc7cccc(C)c7)ccc6P(=O)(c6ccccc6)c6ccccc6)c5)c4)cc3)cc2)ccc1C(=O)O. The molecule has 0 fully saturated rings. The molecular formula is C60H45N2O11P. The third kappa shape index (κ3) is 11.1. The Kier molecular flexibility index (Phi) is 14.5. The molecular weight excluding hydrogens is 956 g/mol. The second-order valence-corrected chi connectivity index (χ2v) is 19.5. The molecule has 0 bridgehead atoms. The highest BCUT2D eigenvalue weighted by Crippen LogP contribution is 2.47. The highest BCUT2D eigenvalue weighted by Gasteiger charge is 2.33. The highest BCUT2D eigenvalue weighted by atomic mass is 31.2. The van der Waals surface area contributed by atoms with E-state index < -0.39 is 30.9 Å². The summed E-state index contributed by atoms with van der Waals surface area (Å²) in [6, 6.07) is 60.3. The molecule has 9 aromatic carbocycles. The van der Waals surface area contributed by atoms with Crippen LogP contribution in [0.1, 0.15) is 47.0 Å². The quantitative estimate of drug-likeness (QED) is 0.0636. The lowest BCUT2D eigenvalue weighted by Gasteiger charge is -2.23. The van der Waals surface area contributed by atoms with E-state index in [0.717, 1.165) is 16.7 Å². The lowest BCUT2D eigenvalue weighted by molar-refractivity contribution is 0.0683. The molecule has 74 heavy (non-hydrogen) atoms. The van der Waals surface area contributed by atoms with Gasteiger partial charge < -0.3 is 44.4 Å². The molecule has 366 valence electrons. The van der Waals surface area contributed by atoms with E-state index in [0.29, 0.717) is 38.9 Å². The normalized spacial score (nSPS) is 10.9. The summed E-state index contributed by atoms with van der Waals surface area (Å²) in [5, 5.41) is 26.5. The molecule has 9 rings (SSSR count). The Labute approximate surface area is 425 Å². The standard InChI is InChI=1S/C60H45N2O11P/c1-38-11-9-13-44(33-38)72-48-29-32-56(74(69,49-15-5-3-6-16-49)50-17-7-4-8-18-50)55(37-48)73-45-14-10-12-41(34-45)62-58(64)54-36-47(28-31-52(54)60(67)68)71-43-25-21-40(22-26-43)39-19-23-42(24-20-39)70-46-27-30-51(59(65)66)53(35-46)57(63)61-2/h3-37H,1-2H3,(H,61,63)(H,62,64)(H,65,66)(H,67,68). The summed E-state index contributed by atoms with van der Waals surface area (Å²) >= 11 is 0. The zero-order chi connectivity index (χ0) is 51.8. The van der Waals surface area contributed by atoms with E-state index in [1.54, 1.807) is 66.7 Å². The number of carbonyl (C=O) groups excluding carboxylic acids is 2. The number of amides is 2. The maximum Gasteiger partial charge on any atom is 0.336 e. The molecule has 13 nitrogen and oxygen atoms in total. The first-order valence-corrected chi connectivity index (χ1v) is 24.8. The van der Waals surface area contributed by atoms with Crippen LogP contribution in [0.2, 0.25) is 0 Å². The average molecular weight is 1000 g/mol. The molecule has 9 aromatic rings. The summed E-state index contributed by atoms with van der Waals surface area (Å²) in [5.74, 6) is -0.855. The van der Waals surface area contributed by atoms with Crippen molar-refractivity contribution in [2.24, 2.45) is 0 Å². The first-order valence-electron chi connectivity index (χ1n) is 23.1. The number of hydrogen-bond acceptors (Lipinski definition) is 9. The van der Waals surface area contributed by atoms with Gasteiger partial charge in [-0.3, -0.25) is 9.59 Å². The predicted molar refractivity (Wildman–Crippen MR) is 284 cm³/mol. The number of benzene rings is 9. The first-order chi connectivity index (χ1) is 35.8. The van der Waals surface area contributed by atoms with Crippen LogP contribution in [0, 0.1) is 6.92 Å². The van der Waals surface area contributed by atoms with Crippen LogP contribution in [0.4, 0.5) is 5.69 Å². The number of rotatable bonds is 17. The minimum atomic E-state index is -3.56. The molecule has 0 saturated carbocycles. The van der Waals surface area contributed by atoms with Crippen molar-refractivity contribution in [1.29, 1.82) is 0 Å². The monoisotopic (exact) mass is 1000 g/mol. The zero-order valence-electron chi connectivity index (χ0n) is 39.7. The van der Waals surface area contributed by atoms with Gasteiger partial charge in [-0.15, -0.1) is 0 Å². The van der Waals surface area contributed by atoms with Gasteiger partial charge in [0.2, 0.25) is 0 Å². The van der Waals surface area contributed by atoms with E-state index in [4.69, 9.17) is 18.9 Å². The number of carboxylic acid groups (broad SMARTS) is 2. The van der Waals surface area contributed by atoms with Gasteiger partial charge in [0.15, 0.2) is 7.14 Å². The van der Waals surface area contributed by atoms with Crippen molar-refractivity contribution in [3.63, 3.8) is 0 Å². The van der Waals surface area contributed by atoms with E-state index in [1.165, 1.54) is 43.4 Å². The maximum atomic E-state index is 15.7. The van der Waals surface area contributed by atoms with Crippen molar-refractivity contribution < 1.29 is 52.9 Å². The van der Waals surface area contributed by atoms with E-state index in [-0.39, 0.29) is 50.9 Å². The molecule has 0 unspecified atom stereocenters. The van der Waals surface area contributed by atoms with Crippen LogP contribution in [0.3, 0.4) is 0 Å². The fraction of sp³-hybridized carbons (Fsp3) is 0.0333. The van der Waals surface area contributed by atoms with Crippen LogP contribution in [0.25, 0.3) is 11.1 Å². The molecule has 0 aliphatic carbocycles. The molecule has 2 amide bonds. The molecule has 0 heterocycles. The third-order valence-corrected chi connectivity index (χ3v) is 14.8. The number of carbonyl (C=O) groups is 4. The number of carboxylic acids is 2. The van der Waals surface area contributed by atoms with Crippen LogP contribution in [-0.4, -0.2) is 41.0 Å². The predicted octanol–water partition coefficient (Wildman–Crippen LogP) is 12.5. The van der Waals surface area contributed by atoms with Gasteiger partial charge in [-0.1, -0.05) is 103 Å². The summed E-state index contributed by atoms with van der Waals surface area (Å²) in [4.78, 5) is 50.4. The van der Waals surface area contributed by atoms with Crippen LogP contribution in [-0.2, 0) is 4.57 Å². The van der Waals surface area contributed by atoms with Crippen molar-refractivity contribution in [2.75, 3.05) is 12.4 Å². The lowest BCUT2D eigenvalue weighted by atomic mass is 10.1. The largest absolute Gasteiger partial charge is 0.478 e. The third-order valence-electron chi connectivity index (χ3n) is 11.7. The van der Waals surface area contributed by atoms with E-state index in [2.05, 4.69) is 10.6 Å². The second kappa shape index (κ2) is 21.7. The molecule has 0 aliphatic rings. The second-order valence-electron chi connectivity index (χ2n) is 16.8. The Hall–Kier alpha value is -9.71. The minimum Gasteiger partial charge on any atom is -0.478 e. The topological polar surface area (TPSA) is 187 Å². The minimum absolute atomic E-state index is 0.0286. The van der Waals surface area contributed by atoms with Gasteiger partial charge in [0.25, 0.3) is 11.8 Å². The fourth-order valence-electron chi connectivity index (χ4n) is 8.14. The first kappa shape index (κ1) is 49.3. The molecule has 0 atom stereocenters. The van der Waals surface area contributed by atoms with Crippen molar-refractivity contribution in [2.45, 2.75) is 6.92 Å². The van der Waals surface area contributed by atoms with Crippen molar-refractivity contribution in [1.82, 2.24) is 5.32 Å². The Bertz CT molecular complexity index is 3560. The molecule has 0 radical (unpaired) electrons. The summed E-state index contributed by atoms with van der Waals surface area (Å²) in [6.45, 7) is 1.96. The fourth-order valence-corrected chi connectivity index (χ4v) is 10.9. The number of aryl methyl sites for hydroxylation is 1. The Balaban J connectivity index is 0.931. The summed E-state index contributed by atoms with van der Waals surface area (Å²) < 4.78 is 40.6. The van der Waals surface area contributed by atoms with Gasteiger partial charge in [-0.2, -0.15) is 0 Å². The van der Waals surface area contributed by atoms with E-state index >= 15 is 4.57 Å². The average Bonchev–Trinajstić information content (AvgIpc) is 3.41. The number of hydrogen-bond donors (Lipinski definition) is 4. The Morgan fingerprint density at radius 2 is 0.865 bits per heavy atom. The van der Waals surface area contributed by atoms with Gasteiger partial charge in [0.1, 0.15) is 46.0 Å². The van der Waals surface area contributed by atoms with Crippen LogP contribution >= 0.6 is 7.14 Å². The maximum absolute atomic E-state index is 15.7. The highest BCUT2D eigenvalue weighted by molar-refractivity contribution is 7.85. The molecule has 0 aromatic heterocycles. The molecule has 0 saturated heterocycles. The number of nitrogens with one attached hydrogen (secondary N) is 2. The molecule has 0 aliphatic heterocycles. The summed E-state index contributed by atoms with van der Waals surface area (Å²) in [5.41, 5.74) is 2.40. The Morgan fingerprint density at radius 1 is 0.419 bits per heavy atom. The zero-order valence-corrected chi connectivity index (χ0v) is 40.6. The lowest BCUT2D eigenvalue weighted by Crippen LogP contribution is -2.26. The summed E-state index contributed by atoms with van der Waals surface area (Å²) in [7, 11) is -2.15. The summed E-state index contributed by atoms with van der Waals surface area (Å²) in [6.07, 6.45) is 0. The van der Waals surface area contributed by atoms with Crippen LogP contribution < -0.4 is 45.5 Å². The molecule has 14 heteroatoms. The van der Waals surface area contributed by atoms with E-state index in [1.807, 2.05) is 116 Å². The van der Waals surface area contributed by atoms with Crippen LogP contribution in [0.15, 0.2) is 212 Å². The number of anilines is 1. The van der Waals surface area contributed by atoms with Gasteiger partial charge in [-0.05, 0) is 121 Å². The van der Waals surface area contributed by atoms with Gasteiger partial charge in [0.05, 0.1) is 27.6 Å². The number of aromatic carboxylic acids is 2. The van der Waals surface area contributed by atoms with Gasteiger partial charge >= 0.3 is 11.9 Å². The van der Waals surface area contributed by atoms with Crippen molar-refractivity contribution >= 4 is 52.5 Å². The van der Waals surface area contributed by atoms with Crippen molar-refractivity contribution in [3.8, 4) is 57.1 Å². The smallest absolute Gasteiger partial charge is 0.336 e.